The van der Waals surface area contributed by atoms with E-state index < -0.39 is 16.1 Å². The highest BCUT2D eigenvalue weighted by molar-refractivity contribution is 7.89. The third-order valence-corrected chi connectivity index (χ3v) is 8.23. The predicted molar refractivity (Wildman–Crippen MR) is 132 cm³/mol. The van der Waals surface area contributed by atoms with Crippen LogP contribution in [0.15, 0.2) is 66.2 Å². The molecule has 0 amide bonds. The molecule has 0 fully saturated rings. The first kappa shape index (κ1) is 25.2. The molecule has 3 heterocycles. The topological polar surface area (TPSA) is 109 Å². The summed E-state index contributed by atoms with van der Waals surface area (Å²) in [5, 5.41) is 9.82. The molecule has 0 bridgehead atoms. The van der Waals surface area contributed by atoms with E-state index in [1.54, 1.807) is 43.7 Å². The van der Waals surface area contributed by atoms with E-state index in [0.29, 0.717) is 13.1 Å². The molecular weight excluding hydrogens is 466 g/mol. The fourth-order valence-corrected chi connectivity index (χ4v) is 6.04. The summed E-state index contributed by atoms with van der Waals surface area (Å²) in [4.78, 5) is 14.7. The molecular formula is C25H31N5O4S. The summed E-state index contributed by atoms with van der Waals surface area (Å²) in [5.74, 6) is 0.145. The Labute approximate surface area is 206 Å². The summed E-state index contributed by atoms with van der Waals surface area (Å²) in [7, 11) is -1.90. The third-order valence-electron chi connectivity index (χ3n) is 6.21. The molecule has 4 rings (SSSR count). The second-order valence-corrected chi connectivity index (χ2v) is 10.9. The van der Waals surface area contributed by atoms with E-state index in [4.69, 9.17) is 4.74 Å². The van der Waals surface area contributed by atoms with E-state index in [1.165, 1.54) is 10.6 Å². The van der Waals surface area contributed by atoms with Gasteiger partial charge in [-0.15, -0.1) is 0 Å². The highest BCUT2D eigenvalue weighted by Gasteiger charge is 2.38. The van der Waals surface area contributed by atoms with Crippen LogP contribution in [-0.2, 0) is 16.6 Å². The number of nitrogens with zero attached hydrogens (tertiary/aromatic N) is 5. The zero-order chi connectivity index (χ0) is 25.0. The molecule has 3 atom stereocenters. The number of sulfonamides is 1. The number of likely N-dealkylation sites (N-methyl/N-ethyl adjacent to an activating group) is 1. The zero-order valence-electron chi connectivity index (χ0n) is 20.2. The van der Waals surface area contributed by atoms with Gasteiger partial charge in [-0.25, -0.2) is 18.4 Å². The van der Waals surface area contributed by atoms with Crippen molar-refractivity contribution in [1.82, 2.24) is 24.2 Å². The Morgan fingerprint density at radius 1 is 1.20 bits per heavy atom. The number of fused-ring (bicyclic) bond motifs is 1. The lowest BCUT2D eigenvalue weighted by molar-refractivity contribution is 0.0731. The van der Waals surface area contributed by atoms with E-state index in [2.05, 4.69) is 19.9 Å². The van der Waals surface area contributed by atoms with Crippen LogP contribution < -0.4 is 4.74 Å². The predicted octanol–water partition coefficient (Wildman–Crippen LogP) is 2.44. The third kappa shape index (κ3) is 5.67. The number of rotatable bonds is 7. The number of aromatic nitrogens is 3. The van der Waals surface area contributed by atoms with E-state index in [9.17, 15) is 13.5 Å². The number of benzene rings is 1. The summed E-state index contributed by atoms with van der Waals surface area (Å²) in [6.45, 7) is 4.86. The quantitative estimate of drug-likeness (QED) is 0.530. The molecule has 1 aliphatic rings. The second kappa shape index (κ2) is 10.8. The molecule has 1 aliphatic heterocycles. The average Bonchev–Trinajstić information content (AvgIpc) is 2.86. The van der Waals surface area contributed by atoms with Gasteiger partial charge in [0, 0.05) is 55.7 Å². The van der Waals surface area contributed by atoms with E-state index >= 15 is 0 Å². The second-order valence-electron chi connectivity index (χ2n) is 9.05. The van der Waals surface area contributed by atoms with Crippen LogP contribution >= 0.6 is 0 Å². The lowest BCUT2D eigenvalue weighted by Gasteiger charge is -2.37. The first-order valence-electron chi connectivity index (χ1n) is 11.6. The van der Waals surface area contributed by atoms with Crippen molar-refractivity contribution in [2.45, 2.75) is 37.4 Å². The number of hydrogen-bond acceptors (Lipinski definition) is 8. The summed E-state index contributed by atoms with van der Waals surface area (Å²) in [6, 6.07) is 10.3. The number of aliphatic hydroxyl groups excluding tert-OH is 1. The molecule has 0 radical (unpaired) electrons. The van der Waals surface area contributed by atoms with Gasteiger partial charge in [-0.2, -0.15) is 4.31 Å². The maximum absolute atomic E-state index is 13.6. The summed E-state index contributed by atoms with van der Waals surface area (Å²) in [5.41, 5.74) is 2.46. The molecule has 9 nitrogen and oxygen atoms in total. The Morgan fingerprint density at radius 2 is 1.97 bits per heavy atom. The normalized spacial score (nSPS) is 20.9. The molecule has 0 saturated carbocycles. The molecule has 2 aromatic heterocycles. The fraction of sp³-hybridized carbons (Fsp3) is 0.400. The van der Waals surface area contributed by atoms with Crippen LogP contribution in [0.2, 0.25) is 0 Å². The smallest absolute Gasteiger partial charge is 0.247 e. The summed E-state index contributed by atoms with van der Waals surface area (Å²) in [6.07, 6.45) is 6.26. The van der Waals surface area contributed by atoms with Crippen LogP contribution in [0.25, 0.3) is 11.1 Å². The van der Waals surface area contributed by atoms with Crippen LogP contribution in [0.3, 0.4) is 0 Å². The molecule has 186 valence electrons. The van der Waals surface area contributed by atoms with Gasteiger partial charge in [0.25, 0.3) is 0 Å². The van der Waals surface area contributed by atoms with Gasteiger partial charge in [0.15, 0.2) is 0 Å². The highest BCUT2D eigenvalue weighted by atomic mass is 32.2. The number of pyridine rings is 1. The minimum atomic E-state index is -3.89. The van der Waals surface area contributed by atoms with Crippen LogP contribution in [0.1, 0.15) is 19.5 Å². The van der Waals surface area contributed by atoms with Crippen molar-refractivity contribution in [3.8, 4) is 16.9 Å². The first-order chi connectivity index (χ1) is 16.8. The fourth-order valence-electron chi connectivity index (χ4n) is 4.21. The summed E-state index contributed by atoms with van der Waals surface area (Å²) < 4.78 is 35.1. The molecule has 0 aliphatic carbocycles. The molecule has 0 spiro atoms. The SMILES string of the molecule is C[C@@H]1CN([C@@H](C)CO)S(=O)(=O)c2ccc(-c3cncnc3)cc2O[C@@H]1CN(C)Cc1ccccn1. The van der Waals surface area contributed by atoms with Crippen molar-refractivity contribution in [1.29, 1.82) is 0 Å². The molecule has 0 saturated heterocycles. The van der Waals surface area contributed by atoms with Crippen LogP contribution in [0.4, 0.5) is 0 Å². The van der Waals surface area contributed by atoms with Crippen LogP contribution in [0.5, 0.6) is 5.75 Å². The van der Waals surface area contributed by atoms with Gasteiger partial charge in [0.1, 0.15) is 23.1 Å². The minimum Gasteiger partial charge on any atom is -0.487 e. The van der Waals surface area contributed by atoms with Crippen LogP contribution in [0, 0.1) is 5.92 Å². The first-order valence-corrected chi connectivity index (χ1v) is 13.0. The Balaban J connectivity index is 1.72. The van der Waals surface area contributed by atoms with E-state index in [1.807, 2.05) is 32.2 Å². The van der Waals surface area contributed by atoms with E-state index in [-0.39, 0.29) is 35.8 Å². The molecule has 35 heavy (non-hydrogen) atoms. The molecule has 1 aromatic carbocycles. The Hall–Kier alpha value is -2.92. The van der Waals surface area contributed by atoms with Crippen molar-refractivity contribution in [2.24, 2.45) is 5.92 Å². The molecule has 0 unspecified atom stereocenters. The maximum atomic E-state index is 13.6. The maximum Gasteiger partial charge on any atom is 0.247 e. The van der Waals surface area contributed by atoms with Gasteiger partial charge >= 0.3 is 0 Å². The van der Waals surface area contributed by atoms with Gasteiger partial charge < -0.3 is 9.84 Å². The lowest BCUT2D eigenvalue weighted by atomic mass is 10.0. The Kier molecular flexibility index (Phi) is 7.75. The number of ether oxygens (including phenoxy) is 1. The Bertz CT molecular complexity index is 1230. The van der Waals surface area contributed by atoms with Gasteiger partial charge in [0.05, 0.1) is 12.3 Å². The largest absolute Gasteiger partial charge is 0.487 e. The standard InChI is InChI=1S/C25H31N5O4S/c1-18-13-30(19(2)16-31)35(32,33)25-8-7-20(21-11-26-17-27-12-21)10-23(25)34-24(18)15-29(3)14-22-6-4-5-9-28-22/h4-12,17-19,24,31H,13-16H2,1-3H3/t18-,19+,24-/m1/s1. The molecule has 1 N–H and O–H groups in total. The zero-order valence-corrected chi connectivity index (χ0v) is 21.0. The summed E-state index contributed by atoms with van der Waals surface area (Å²) >= 11 is 0. The van der Waals surface area contributed by atoms with Crippen molar-refractivity contribution in [3.05, 3.63) is 67.0 Å². The highest BCUT2D eigenvalue weighted by Crippen LogP contribution is 2.36. The number of hydrogen-bond donors (Lipinski definition) is 1. The average molecular weight is 498 g/mol. The Morgan fingerprint density at radius 3 is 2.66 bits per heavy atom. The monoisotopic (exact) mass is 497 g/mol. The van der Waals surface area contributed by atoms with E-state index in [0.717, 1.165) is 16.8 Å². The minimum absolute atomic E-state index is 0.0858. The van der Waals surface area contributed by atoms with Gasteiger partial charge in [0.2, 0.25) is 10.0 Å². The van der Waals surface area contributed by atoms with Crippen LogP contribution in [-0.4, -0.2) is 76.6 Å². The van der Waals surface area contributed by atoms with Crippen molar-refractivity contribution in [3.63, 3.8) is 0 Å². The van der Waals surface area contributed by atoms with Crippen molar-refractivity contribution < 1.29 is 18.3 Å². The molecule has 3 aromatic rings. The van der Waals surface area contributed by atoms with Gasteiger partial charge in [-0.05, 0) is 43.8 Å². The van der Waals surface area contributed by atoms with Crippen molar-refractivity contribution >= 4 is 10.0 Å². The van der Waals surface area contributed by atoms with Crippen molar-refractivity contribution in [2.75, 3.05) is 26.7 Å². The van der Waals surface area contributed by atoms with Gasteiger partial charge in [-0.1, -0.05) is 19.1 Å². The number of aliphatic hydroxyl groups is 1. The van der Waals surface area contributed by atoms with Gasteiger partial charge in [-0.3, -0.25) is 9.88 Å². The molecule has 10 heteroatoms. The lowest BCUT2D eigenvalue weighted by Crippen LogP contribution is -2.49.